The molecule has 0 atom stereocenters. The van der Waals surface area contributed by atoms with E-state index in [9.17, 15) is 23.6 Å². The molecule has 220 valence electrons. The highest BCUT2D eigenvalue weighted by molar-refractivity contribution is 6.06. The van der Waals surface area contributed by atoms with Gasteiger partial charge in [-0.15, -0.1) is 0 Å². The van der Waals surface area contributed by atoms with E-state index in [1.165, 1.54) is 12.1 Å². The first kappa shape index (κ1) is 31.5. The first-order valence-electron chi connectivity index (χ1n) is 13.2. The van der Waals surface area contributed by atoms with Gasteiger partial charge in [-0.25, -0.2) is 14.0 Å². The van der Waals surface area contributed by atoms with Crippen LogP contribution in [0.1, 0.15) is 33.6 Å². The highest BCUT2D eigenvalue weighted by Gasteiger charge is 2.27. The second-order valence-electron chi connectivity index (χ2n) is 9.67. The smallest absolute Gasteiger partial charge is 0.328 e. The molecule has 0 radical (unpaired) electrons. The van der Waals surface area contributed by atoms with Crippen molar-refractivity contribution in [1.29, 1.82) is 0 Å². The van der Waals surface area contributed by atoms with Crippen molar-refractivity contribution in [3.63, 3.8) is 0 Å². The molecule has 1 amide bonds. The molecule has 1 fully saturated rings. The minimum atomic E-state index is -1.26. The van der Waals surface area contributed by atoms with Crippen LogP contribution in [0.2, 0.25) is 0 Å². The van der Waals surface area contributed by atoms with Gasteiger partial charge in [0.25, 0.3) is 5.91 Å². The van der Waals surface area contributed by atoms with Gasteiger partial charge in [0.05, 0.1) is 0 Å². The van der Waals surface area contributed by atoms with Crippen molar-refractivity contribution in [3.8, 4) is 0 Å². The number of nitrogens with two attached hydrogens (primary N) is 2. The molecule has 42 heavy (non-hydrogen) atoms. The quantitative estimate of drug-likeness (QED) is 0.168. The SMILES string of the molecule is Nc1ccc(C(=O)N(CCN2CCC(C(=O)c3ccc(F)cc3)CC2)c2cccc(N)c2)cc1.O=C(O)C=CC(=O)O. The third kappa shape index (κ3) is 9.56. The fraction of sp³-hybridized carbons (Fsp3) is 0.226. The summed E-state index contributed by atoms with van der Waals surface area (Å²) in [6.45, 7) is 2.69. The zero-order valence-electron chi connectivity index (χ0n) is 22.9. The van der Waals surface area contributed by atoms with E-state index < -0.39 is 11.9 Å². The summed E-state index contributed by atoms with van der Waals surface area (Å²) in [5.41, 5.74) is 14.8. The van der Waals surface area contributed by atoms with Crippen LogP contribution < -0.4 is 16.4 Å². The van der Waals surface area contributed by atoms with E-state index in [4.69, 9.17) is 21.7 Å². The normalized spacial score (nSPS) is 13.6. The maximum absolute atomic E-state index is 13.3. The standard InChI is InChI=1S/C27H29FN4O2.C4H4O4/c28-22-8-4-19(5-9-22)26(33)20-12-14-31(15-13-20)16-17-32(25-3-1-2-24(30)18-25)27(34)21-6-10-23(29)11-7-21;5-3(6)1-2-4(7)8/h1-11,18,20H,12-17,29-30H2;1-2H,(H,5,6)(H,7,8). The van der Waals surface area contributed by atoms with Gasteiger partial charge in [-0.2, -0.15) is 0 Å². The molecular weight excluding hydrogens is 543 g/mol. The molecule has 1 aliphatic heterocycles. The number of carboxylic acids is 2. The van der Waals surface area contributed by atoms with Crippen molar-refractivity contribution in [2.75, 3.05) is 42.5 Å². The predicted molar refractivity (Wildman–Crippen MR) is 158 cm³/mol. The Morgan fingerprint density at radius 3 is 1.95 bits per heavy atom. The second-order valence-corrected chi connectivity index (χ2v) is 9.67. The Morgan fingerprint density at radius 2 is 1.40 bits per heavy atom. The van der Waals surface area contributed by atoms with Crippen molar-refractivity contribution in [3.05, 3.63) is 102 Å². The third-order valence-corrected chi connectivity index (χ3v) is 6.68. The van der Waals surface area contributed by atoms with E-state index in [1.54, 1.807) is 53.4 Å². The van der Waals surface area contributed by atoms with Gasteiger partial charge in [0.2, 0.25) is 0 Å². The van der Waals surface area contributed by atoms with Gasteiger partial charge in [-0.1, -0.05) is 6.07 Å². The molecule has 0 bridgehead atoms. The number of nitrogens with zero attached hydrogens (tertiary/aromatic N) is 2. The molecule has 0 saturated carbocycles. The number of hydrogen-bond acceptors (Lipinski definition) is 7. The lowest BCUT2D eigenvalue weighted by atomic mass is 9.89. The largest absolute Gasteiger partial charge is 0.478 e. The Labute approximate surface area is 242 Å². The molecule has 3 aromatic carbocycles. The number of piperidine rings is 1. The zero-order chi connectivity index (χ0) is 30.6. The van der Waals surface area contributed by atoms with E-state index in [1.807, 2.05) is 12.1 Å². The number of carboxylic acid groups (broad SMARTS) is 2. The van der Waals surface area contributed by atoms with Crippen molar-refractivity contribution < 1.29 is 33.8 Å². The fourth-order valence-electron chi connectivity index (χ4n) is 4.47. The summed E-state index contributed by atoms with van der Waals surface area (Å²) >= 11 is 0. The van der Waals surface area contributed by atoms with Crippen LogP contribution in [0.3, 0.4) is 0 Å². The average molecular weight is 577 g/mol. The van der Waals surface area contributed by atoms with E-state index in [0.717, 1.165) is 31.6 Å². The monoisotopic (exact) mass is 576 g/mol. The number of nitrogen functional groups attached to an aromatic ring is 2. The van der Waals surface area contributed by atoms with E-state index in [0.29, 0.717) is 47.7 Å². The average Bonchev–Trinajstić information content (AvgIpc) is 2.97. The summed E-state index contributed by atoms with van der Waals surface area (Å²) in [5.74, 6) is -2.97. The number of amides is 1. The minimum Gasteiger partial charge on any atom is -0.478 e. The van der Waals surface area contributed by atoms with Crippen LogP contribution in [0.4, 0.5) is 21.5 Å². The first-order chi connectivity index (χ1) is 20.0. The fourth-order valence-corrected chi connectivity index (χ4v) is 4.47. The van der Waals surface area contributed by atoms with Crippen molar-refractivity contribution >= 4 is 40.7 Å². The van der Waals surface area contributed by atoms with E-state index in [2.05, 4.69) is 4.90 Å². The number of carbonyl (C=O) groups is 4. The first-order valence-corrected chi connectivity index (χ1v) is 13.2. The van der Waals surface area contributed by atoms with Gasteiger partial charge < -0.3 is 31.5 Å². The molecule has 6 N–H and O–H groups in total. The Hall–Kier alpha value is -5.03. The molecule has 0 spiro atoms. The van der Waals surface area contributed by atoms with Gasteiger partial charge in [0, 0.05) is 59.3 Å². The number of likely N-dealkylation sites (tertiary alicyclic amines) is 1. The van der Waals surface area contributed by atoms with Crippen LogP contribution in [0.25, 0.3) is 0 Å². The number of benzene rings is 3. The number of Topliss-reactive ketones (excluding diaryl/α,β-unsaturated/α-hetero) is 1. The minimum absolute atomic E-state index is 0.0665. The summed E-state index contributed by atoms with van der Waals surface area (Å²) in [4.78, 5) is 49.2. The lowest BCUT2D eigenvalue weighted by molar-refractivity contribution is -0.134. The molecule has 10 nitrogen and oxygen atoms in total. The lowest BCUT2D eigenvalue weighted by Gasteiger charge is -2.33. The molecule has 1 heterocycles. The van der Waals surface area contributed by atoms with Crippen molar-refractivity contribution in [2.45, 2.75) is 12.8 Å². The Kier molecular flexibility index (Phi) is 11.3. The van der Waals surface area contributed by atoms with Crippen LogP contribution in [-0.4, -0.2) is 64.9 Å². The number of halogens is 1. The van der Waals surface area contributed by atoms with Gasteiger partial charge in [-0.3, -0.25) is 9.59 Å². The highest BCUT2D eigenvalue weighted by atomic mass is 19.1. The lowest BCUT2D eigenvalue weighted by Crippen LogP contribution is -2.42. The van der Waals surface area contributed by atoms with Crippen LogP contribution in [0.5, 0.6) is 0 Å². The third-order valence-electron chi connectivity index (χ3n) is 6.68. The van der Waals surface area contributed by atoms with Crippen LogP contribution in [0.15, 0.2) is 84.9 Å². The number of anilines is 3. The molecule has 1 saturated heterocycles. The summed E-state index contributed by atoms with van der Waals surface area (Å²) < 4.78 is 13.2. The summed E-state index contributed by atoms with van der Waals surface area (Å²) in [6, 6.07) is 19.9. The molecule has 0 unspecified atom stereocenters. The molecule has 4 rings (SSSR count). The van der Waals surface area contributed by atoms with Crippen LogP contribution in [-0.2, 0) is 9.59 Å². The summed E-state index contributed by atoms with van der Waals surface area (Å²) in [5, 5.41) is 15.6. The number of ketones is 1. The van der Waals surface area contributed by atoms with Crippen LogP contribution in [0, 0.1) is 11.7 Å². The highest BCUT2D eigenvalue weighted by Crippen LogP contribution is 2.24. The zero-order valence-corrected chi connectivity index (χ0v) is 22.9. The second kappa shape index (κ2) is 15.1. The van der Waals surface area contributed by atoms with Gasteiger partial charge >= 0.3 is 11.9 Å². The number of aliphatic carboxylic acids is 2. The molecule has 3 aromatic rings. The molecular formula is C31H33FN4O6. The van der Waals surface area contributed by atoms with Gasteiger partial charge in [0.15, 0.2) is 5.78 Å². The number of rotatable bonds is 9. The topological polar surface area (TPSA) is 167 Å². The summed E-state index contributed by atoms with van der Waals surface area (Å²) in [7, 11) is 0. The predicted octanol–water partition coefficient (Wildman–Crippen LogP) is 3.94. The number of carbonyl (C=O) groups excluding carboxylic acids is 2. The molecule has 1 aliphatic rings. The Morgan fingerprint density at radius 1 is 0.833 bits per heavy atom. The molecule has 0 aliphatic carbocycles. The Balaban J connectivity index is 0.000000531. The van der Waals surface area contributed by atoms with E-state index >= 15 is 0 Å². The summed E-state index contributed by atoms with van der Waals surface area (Å²) in [6.07, 6.45) is 2.59. The van der Waals surface area contributed by atoms with Crippen molar-refractivity contribution in [1.82, 2.24) is 4.90 Å². The van der Waals surface area contributed by atoms with Crippen molar-refractivity contribution in [2.24, 2.45) is 5.92 Å². The van der Waals surface area contributed by atoms with Gasteiger partial charge in [-0.05, 0) is 92.7 Å². The maximum atomic E-state index is 13.3. The Bertz CT molecular complexity index is 1400. The maximum Gasteiger partial charge on any atom is 0.328 e. The van der Waals surface area contributed by atoms with E-state index in [-0.39, 0.29) is 23.4 Å². The number of hydrogen-bond donors (Lipinski definition) is 4. The molecule has 11 heteroatoms. The van der Waals surface area contributed by atoms with Gasteiger partial charge in [0.1, 0.15) is 5.82 Å². The van der Waals surface area contributed by atoms with Crippen LogP contribution >= 0.6 is 0 Å². The molecule has 0 aromatic heterocycles.